The molecule has 2 aliphatic carbocycles. The SMILES string of the molecule is CC(C)[C@H]1COC(=O)N1C(O)[C@H]1C[C@@H]1c1ccc2c(c1)CCN(c1cc(OC3CCC3)ccc1F)C2. The van der Waals surface area contributed by atoms with Crippen molar-refractivity contribution < 1.29 is 23.8 Å². The molecule has 2 aromatic rings. The number of carbonyl (C=O) groups excluding carboxylic acids is 1. The monoisotopic (exact) mass is 494 g/mol. The first-order valence-corrected chi connectivity index (χ1v) is 13.3. The fraction of sp³-hybridized carbons (Fsp3) is 0.552. The fourth-order valence-corrected chi connectivity index (χ4v) is 5.90. The van der Waals surface area contributed by atoms with Crippen LogP contribution in [0.2, 0.25) is 0 Å². The van der Waals surface area contributed by atoms with E-state index >= 15 is 0 Å². The first-order valence-electron chi connectivity index (χ1n) is 13.3. The van der Waals surface area contributed by atoms with Gasteiger partial charge in [0.15, 0.2) is 0 Å². The zero-order chi connectivity index (χ0) is 25.0. The lowest BCUT2D eigenvalue weighted by atomic mass is 9.94. The summed E-state index contributed by atoms with van der Waals surface area (Å²) in [7, 11) is 0. The lowest BCUT2D eigenvalue weighted by Crippen LogP contribution is -2.45. The van der Waals surface area contributed by atoms with E-state index in [1.807, 2.05) is 19.9 Å². The Morgan fingerprint density at radius 1 is 1.14 bits per heavy atom. The number of fused-ring (bicyclic) bond motifs is 1. The van der Waals surface area contributed by atoms with E-state index in [0.29, 0.717) is 18.8 Å². The topological polar surface area (TPSA) is 62.2 Å². The van der Waals surface area contributed by atoms with Gasteiger partial charge in [-0.05, 0) is 72.8 Å². The van der Waals surface area contributed by atoms with Gasteiger partial charge < -0.3 is 19.5 Å². The Morgan fingerprint density at radius 3 is 2.72 bits per heavy atom. The number of aliphatic hydroxyl groups is 1. The van der Waals surface area contributed by atoms with Gasteiger partial charge in [-0.15, -0.1) is 0 Å². The summed E-state index contributed by atoms with van der Waals surface area (Å²) < 4.78 is 26.0. The lowest BCUT2D eigenvalue weighted by molar-refractivity contribution is -0.00634. The van der Waals surface area contributed by atoms with Crippen LogP contribution in [0.1, 0.15) is 62.1 Å². The number of cyclic esters (lactones) is 1. The van der Waals surface area contributed by atoms with Crippen molar-refractivity contribution in [1.29, 1.82) is 0 Å². The van der Waals surface area contributed by atoms with Crippen LogP contribution in [0.4, 0.5) is 14.9 Å². The normalized spacial score (nSPS) is 26.5. The average molecular weight is 495 g/mol. The molecule has 192 valence electrons. The summed E-state index contributed by atoms with van der Waals surface area (Å²) in [5.41, 5.74) is 4.30. The van der Waals surface area contributed by atoms with Crippen LogP contribution in [0, 0.1) is 17.7 Å². The number of nitrogens with zero attached hydrogens (tertiary/aromatic N) is 2. The minimum absolute atomic E-state index is 0.0301. The van der Waals surface area contributed by atoms with Crippen molar-refractivity contribution in [2.75, 3.05) is 18.1 Å². The molecule has 2 aliphatic heterocycles. The summed E-state index contributed by atoms with van der Waals surface area (Å²) in [6.45, 7) is 5.84. The molecule has 6 rings (SSSR count). The smallest absolute Gasteiger partial charge is 0.412 e. The van der Waals surface area contributed by atoms with Crippen LogP contribution in [0.25, 0.3) is 0 Å². The molecule has 1 amide bonds. The van der Waals surface area contributed by atoms with Gasteiger partial charge in [0.25, 0.3) is 0 Å². The third-order valence-electron chi connectivity index (χ3n) is 8.51. The van der Waals surface area contributed by atoms with E-state index < -0.39 is 12.3 Å². The van der Waals surface area contributed by atoms with Crippen molar-refractivity contribution in [3.63, 3.8) is 0 Å². The highest BCUT2D eigenvalue weighted by atomic mass is 19.1. The van der Waals surface area contributed by atoms with Gasteiger partial charge in [-0.25, -0.2) is 9.18 Å². The highest BCUT2D eigenvalue weighted by Crippen LogP contribution is 2.51. The zero-order valence-electron chi connectivity index (χ0n) is 21.0. The summed E-state index contributed by atoms with van der Waals surface area (Å²) >= 11 is 0. The molecule has 0 radical (unpaired) electrons. The number of rotatable bonds is 7. The molecule has 0 spiro atoms. The molecule has 1 saturated heterocycles. The van der Waals surface area contributed by atoms with Crippen LogP contribution >= 0.6 is 0 Å². The molecule has 1 N–H and O–H groups in total. The quantitative estimate of drug-likeness (QED) is 0.572. The van der Waals surface area contributed by atoms with E-state index in [-0.39, 0.29) is 35.7 Å². The molecule has 4 atom stereocenters. The molecule has 0 bridgehead atoms. The molecule has 4 aliphatic rings. The first kappa shape index (κ1) is 23.6. The number of hydrogen-bond acceptors (Lipinski definition) is 5. The Hall–Kier alpha value is -2.80. The van der Waals surface area contributed by atoms with Crippen molar-refractivity contribution in [3.8, 4) is 5.75 Å². The van der Waals surface area contributed by atoms with Crippen molar-refractivity contribution in [3.05, 3.63) is 58.9 Å². The number of hydrogen-bond donors (Lipinski definition) is 1. The van der Waals surface area contributed by atoms with E-state index in [0.717, 1.165) is 38.0 Å². The van der Waals surface area contributed by atoms with Crippen molar-refractivity contribution in [2.24, 2.45) is 11.8 Å². The molecule has 7 heteroatoms. The minimum atomic E-state index is -0.818. The maximum absolute atomic E-state index is 14.7. The summed E-state index contributed by atoms with van der Waals surface area (Å²) in [6.07, 6.45) is 4.09. The van der Waals surface area contributed by atoms with Crippen molar-refractivity contribution in [2.45, 2.75) is 76.8 Å². The largest absolute Gasteiger partial charge is 0.490 e. The van der Waals surface area contributed by atoms with E-state index in [1.54, 1.807) is 11.0 Å². The predicted octanol–water partition coefficient (Wildman–Crippen LogP) is 5.22. The first-order chi connectivity index (χ1) is 17.4. The van der Waals surface area contributed by atoms with Crippen molar-refractivity contribution >= 4 is 11.8 Å². The predicted molar refractivity (Wildman–Crippen MR) is 135 cm³/mol. The van der Waals surface area contributed by atoms with Crippen molar-refractivity contribution in [1.82, 2.24) is 4.90 Å². The highest BCUT2D eigenvalue weighted by Gasteiger charge is 2.51. The molecule has 36 heavy (non-hydrogen) atoms. The standard InChI is InChI=1S/C29H35FN2O4/c1-17(2)27-16-35-29(34)32(27)28(33)24-14-23(24)19-6-7-20-15-31(11-10-18(20)12-19)26-13-22(8-9-25(26)30)36-21-4-3-5-21/h6-9,12-13,17,21,23-24,27-28,33H,3-5,10-11,14-16H2,1-2H3/t23-,24+,27-,28?/m1/s1. The van der Waals surface area contributed by atoms with E-state index in [4.69, 9.17) is 9.47 Å². The summed E-state index contributed by atoms with van der Waals surface area (Å²) in [5, 5.41) is 11.0. The van der Waals surface area contributed by atoms with Gasteiger partial charge in [0.1, 0.15) is 24.4 Å². The van der Waals surface area contributed by atoms with Gasteiger partial charge in [0, 0.05) is 25.1 Å². The molecule has 1 unspecified atom stereocenters. The van der Waals surface area contributed by atoms with Gasteiger partial charge in [-0.1, -0.05) is 32.0 Å². The summed E-state index contributed by atoms with van der Waals surface area (Å²) in [6, 6.07) is 11.5. The van der Waals surface area contributed by atoms with E-state index in [1.165, 1.54) is 29.2 Å². The van der Waals surface area contributed by atoms with Crippen LogP contribution < -0.4 is 9.64 Å². The fourth-order valence-electron chi connectivity index (χ4n) is 5.90. The number of aliphatic hydroxyl groups excluding tert-OH is 1. The molecule has 6 nitrogen and oxygen atoms in total. The number of halogens is 1. The number of carbonyl (C=O) groups is 1. The van der Waals surface area contributed by atoms with E-state index in [9.17, 15) is 14.3 Å². The minimum Gasteiger partial charge on any atom is -0.490 e. The molecular weight excluding hydrogens is 459 g/mol. The van der Waals surface area contributed by atoms with Crippen LogP contribution in [-0.2, 0) is 17.7 Å². The Bertz CT molecular complexity index is 1150. The van der Waals surface area contributed by atoms with E-state index in [2.05, 4.69) is 23.1 Å². The highest BCUT2D eigenvalue weighted by molar-refractivity contribution is 5.70. The molecule has 2 saturated carbocycles. The van der Waals surface area contributed by atoms with Crippen LogP contribution in [-0.4, -0.2) is 47.6 Å². The Balaban J connectivity index is 1.13. The number of benzene rings is 2. The number of amides is 1. The van der Waals surface area contributed by atoms with Gasteiger partial charge in [-0.3, -0.25) is 4.90 Å². The van der Waals surface area contributed by atoms with Gasteiger partial charge in [0.2, 0.25) is 0 Å². The Morgan fingerprint density at radius 2 is 1.97 bits per heavy atom. The molecule has 3 fully saturated rings. The molecular formula is C29H35FN2O4. The average Bonchev–Trinajstić information content (AvgIpc) is 3.55. The summed E-state index contributed by atoms with van der Waals surface area (Å²) in [4.78, 5) is 15.9. The maximum Gasteiger partial charge on any atom is 0.412 e. The number of anilines is 1. The third-order valence-corrected chi connectivity index (χ3v) is 8.51. The second kappa shape index (κ2) is 9.25. The van der Waals surface area contributed by atoms with Gasteiger partial charge in [0.05, 0.1) is 17.8 Å². The summed E-state index contributed by atoms with van der Waals surface area (Å²) in [5.74, 6) is 1.03. The zero-order valence-corrected chi connectivity index (χ0v) is 21.0. The third kappa shape index (κ3) is 4.32. The second-order valence-electron chi connectivity index (χ2n) is 11.2. The Labute approximate surface area is 212 Å². The molecule has 2 heterocycles. The molecule has 2 aromatic carbocycles. The maximum atomic E-state index is 14.7. The number of ether oxygens (including phenoxy) is 2. The Kier molecular flexibility index (Phi) is 6.06. The van der Waals surface area contributed by atoms with Crippen LogP contribution in [0.15, 0.2) is 36.4 Å². The second-order valence-corrected chi connectivity index (χ2v) is 11.2. The lowest BCUT2D eigenvalue weighted by Gasteiger charge is -2.32. The van der Waals surface area contributed by atoms with Crippen LogP contribution in [0.3, 0.4) is 0 Å². The van der Waals surface area contributed by atoms with Gasteiger partial charge >= 0.3 is 6.09 Å². The van der Waals surface area contributed by atoms with Gasteiger partial charge in [-0.2, -0.15) is 0 Å². The molecule has 0 aromatic heterocycles. The van der Waals surface area contributed by atoms with Crippen LogP contribution in [0.5, 0.6) is 5.75 Å².